The van der Waals surface area contributed by atoms with Crippen molar-refractivity contribution < 1.29 is 22.7 Å². The molecule has 0 unspecified atom stereocenters. The number of rotatable bonds is 6. The van der Waals surface area contributed by atoms with Crippen molar-refractivity contribution in [2.75, 3.05) is 13.2 Å². The third-order valence-electron chi connectivity index (χ3n) is 3.06. The molecule has 3 nitrogen and oxygen atoms in total. The molecule has 6 heteroatoms. The highest BCUT2D eigenvalue weighted by Gasteiger charge is 2.26. The Morgan fingerprint density at radius 3 is 2.47 bits per heavy atom. The van der Waals surface area contributed by atoms with Gasteiger partial charge in [-0.15, -0.1) is 0 Å². The lowest BCUT2D eigenvalue weighted by molar-refractivity contribution is -0.137. The molecular weight excluding hydrogens is 259 g/mol. The number of alkyl halides is 3. The van der Waals surface area contributed by atoms with Gasteiger partial charge in [-0.2, -0.15) is 13.2 Å². The SMILES string of the molecule is Cc1cc(C(=O)COCCCC(F)(F)F)c(C)n1C. The molecule has 0 atom stereocenters. The van der Waals surface area contributed by atoms with Crippen LogP contribution >= 0.6 is 0 Å². The molecule has 1 heterocycles. The normalized spacial score (nSPS) is 11.9. The van der Waals surface area contributed by atoms with Crippen LogP contribution in [0.15, 0.2) is 6.07 Å². The zero-order valence-electron chi connectivity index (χ0n) is 11.3. The molecule has 0 amide bonds. The second-order valence-electron chi connectivity index (χ2n) is 4.54. The number of Topliss-reactive ketones (excluding diaryl/α,β-unsaturated/α-hetero) is 1. The van der Waals surface area contributed by atoms with E-state index in [2.05, 4.69) is 0 Å². The van der Waals surface area contributed by atoms with Crippen molar-refractivity contribution in [3.63, 3.8) is 0 Å². The van der Waals surface area contributed by atoms with Crippen LogP contribution in [-0.2, 0) is 11.8 Å². The highest BCUT2D eigenvalue weighted by molar-refractivity contribution is 5.98. The Hall–Kier alpha value is -1.30. The number of ether oxygens (including phenoxy) is 1. The minimum Gasteiger partial charge on any atom is -0.373 e. The van der Waals surface area contributed by atoms with Crippen LogP contribution in [0.1, 0.15) is 34.6 Å². The van der Waals surface area contributed by atoms with Gasteiger partial charge in [0.2, 0.25) is 0 Å². The number of carbonyl (C=O) groups is 1. The predicted octanol–water partition coefficient (Wildman–Crippen LogP) is 3.18. The summed E-state index contributed by atoms with van der Waals surface area (Å²) in [5, 5.41) is 0. The zero-order valence-corrected chi connectivity index (χ0v) is 11.3. The summed E-state index contributed by atoms with van der Waals surface area (Å²) in [6.07, 6.45) is -5.17. The molecule has 0 saturated carbocycles. The lowest BCUT2D eigenvalue weighted by atomic mass is 10.1. The number of ketones is 1. The molecule has 108 valence electrons. The van der Waals surface area contributed by atoms with E-state index >= 15 is 0 Å². The molecule has 0 aliphatic rings. The van der Waals surface area contributed by atoms with E-state index in [1.54, 1.807) is 6.07 Å². The summed E-state index contributed by atoms with van der Waals surface area (Å²) in [6.45, 7) is 3.47. The van der Waals surface area contributed by atoms with Gasteiger partial charge >= 0.3 is 6.18 Å². The summed E-state index contributed by atoms with van der Waals surface area (Å²) >= 11 is 0. The maximum Gasteiger partial charge on any atom is 0.389 e. The molecule has 0 spiro atoms. The van der Waals surface area contributed by atoms with Gasteiger partial charge in [-0.25, -0.2) is 0 Å². The molecule has 0 saturated heterocycles. The molecule has 1 aromatic heterocycles. The van der Waals surface area contributed by atoms with Gasteiger partial charge in [0, 0.05) is 37.0 Å². The Bertz CT molecular complexity index is 449. The van der Waals surface area contributed by atoms with E-state index in [1.165, 1.54) is 0 Å². The van der Waals surface area contributed by atoms with Crippen LogP contribution in [0.25, 0.3) is 0 Å². The van der Waals surface area contributed by atoms with Crippen LogP contribution in [0.4, 0.5) is 13.2 Å². The van der Waals surface area contributed by atoms with Crippen LogP contribution in [0.5, 0.6) is 0 Å². The standard InChI is InChI=1S/C13H18F3NO2/c1-9-7-11(10(2)17(9)3)12(18)8-19-6-4-5-13(14,15)16/h7H,4-6,8H2,1-3H3. The highest BCUT2D eigenvalue weighted by atomic mass is 19.4. The Kier molecular flexibility index (Phi) is 5.17. The van der Waals surface area contributed by atoms with Crippen LogP contribution in [0.3, 0.4) is 0 Å². The molecule has 19 heavy (non-hydrogen) atoms. The summed E-state index contributed by atoms with van der Waals surface area (Å²) in [5.74, 6) is -0.201. The van der Waals surface area contributed by atoms with E-state index < -0.39 is 12.6 Å². The van der Waals surface area contributed by atoms with Crippen LogP contribution in [0, 0.1) is 13.8 Å². The molecule has 0 fully saturated rings. The molecule has 0 N–H and O–H groups in total. The second kappa shape index (κ2) is 6.23. The van der Waals surface area contributed by atoms with Gasteiger partial charge < -0.3 is 9.30 Å². The van der Waals surface area contributed by atoms with Crippen LogP contribution < -0.4 is 0 Å². The number of hydrogen-bond donors (Lipinski definition) is 0. The number of aryl methyl sites for hydroxylation is 1. The molecular formula is C13H18F3NO2. The van der Waals surface area contributed by atoms with E-state index in [0.717, 1.165) is 11.4 Å². The smallest absolute Gasteiger partial charge is 0.373 e. The monoisotopic (exact) mass is 277 g/mol. The van der Waals surface area contributed by atoms with Crippen LogP contribution in [-0.4, -0.2) is 29.7 Å². The number of aromatic nitrogens is 1. The van der Waals surface area contributed by atoms with Crippen LogP contribution in [0.2, 0.25) is 0 Å². The first-order valence-corrected chi connectivity index (χ1v) is 6.03. The quantitative estimate of drug-likeness (QED) is 0.590. The van der Waals surface area contributed by atoms with Crippen molar-refractivity contribution >= 4 is 5.78 Å². The van der Waals surface area contributed by atoms with Gasteiger partial charge in [0.05, 0.1) is 0 Å². The molecule has 0 bridgehead atoms. The maximum absolute atomic E-state index is 11.9. The molecule has 0 radical (unpaired) electrons. The van der Waals surface area contributed by atoms with E-state index in [4.69, 9.17) is 4.74 Å². The summed E-state index contributed by atoms with van der Waals surface area (Å²) in [6, 6.07) is 1.76. The highest BCUT2D eigenvalue weighted by Crippen LogP contribution is 2.21. The summed E-state index contributed by atoms with van der Waals surface area (Å²) < 4.78 is 42.5. The minimum atomic E-state index is -4.17. The number of halogens is 3. The van der Waals surface area contributed by atoms with Gasteiger partial charge in [-0.05, 0) is 26.3 Å². The molecule has 1 aromatic rings. The fourth-order valence-corrected chi connectivity index (χ4v) is 1.75. The first-order chi connectivity index (χ1) is 8.72. The first-order valence-electron chi connectivity index (χ1n) is 6.03. The Morgan fingerprint density at radius 2 is 2.00 bits per heavy atom. The van der Waals surface area contributed by atoms with Gasteiger partial charge in [0.15, 0.2) is 5.78 Å². The summed E-state index contributed by atoms with van der Waals surface area (Å²) in [5.41, 5.74) is 2.36. The van der Waals surface area contributed by atoms with Crippen molar-refractivity contribution in [1.29, 1.82) is 0 Å². The Morgan fingerprint density at radius 1 is 1.37 bits per heavy atom. The minimum absolute atomic E-state index is 0.0594. The van der Waals surface area contributed by atoms with E-state index in [-0.39, 0.29) is 25.4 Å². The van der Waals surface area contributed by atoms with E-state index in [9.17, 15) is 18.0 Å². The second-order valence-corrected chi connectivity index (χ2v) is 4.54. The van der Waals surface area contributed by atoms with Crippen molar-refractivity contribution in [2.24, 2.45) is 7.05 Å². The number of carbonyl (C=O) groups excluding carboxylic acids is 1. The van der Waals surface area contributed by atoms with Crippen molar-refractivity contribution in [1.82, 2.24) is 4.57 Å². The fraction of sp³-hybridized carbons (Fsp3) is 0.615. The summed E-state index contributed by atoms with van der Waals surface area (Å²) in [7, 11) is 1.85. The number of nitrogens with zero attached hydrogens (tertiary/aromatic N) is 1. The average molecular weight is 277 g/mol. The fourth-order valence-electron chi connectivity index (χ4n) is 1.75. The van der Waals surface area contributed by atoms with Gasteiger partial charge in [-0.3, -0.25) is 4.79 Å². The topological polar surface area (TPSA) is 31.2 Å². The van der Waals surface area contributed by atoms with E-state index in [1.807, 2.05) is 25.5 Å². The Labute approximate surface area is 110 Å². The zero-order chi connectivity index (χ0) is 14.6. The predicted molar refractivity (Wildman–Crippen MR) is 65.3 cm³/mol. The molecule has 0 aliphatic carbocycles. The first kappa shape index (κ1) is 15.8. The van der Waals surface area contributed by atoms with Gasteiger partial charge in [0.1, 0.15) is 6.61 Å². The van der Waals surface area contributed by atoms with Crippen molar-refractivity contribution in [3.8, 4) is 0 Å². The molecule has 0 aromatic carbocycles. The van der Waals surface area contributed by atoms with Gasteiger partial charge in [0.25, 0.3) is 0 Å². The lowest BCUT2D eigenvalue weighted by Gasteiger charge is -2.06. The average Bonchev–Trinajstić information content (AvgIpc) is 2.55. The van der Waals surface area contributed by atoms with Crippen molar-refractivity contribution in [2.45, 2.75) is 32.9 Å². The van der Waals surface area contributed by atoms with Gasteiger partial charge in [-0.1, -0.05) is 0 Å². The third-order valence-corrected chi connectivity index (χ3v) is 3.06. The summed E-state index contributed by atoms with van der Waals surface area (Å²) in [4.78, 5) is 11.8. The van der Waals surface area contributed by atoms with Crippen molar-refractivity contribution in [3.05, 3.63) is 23.0 Å². The largest absolute Gasteiger partial charge is 0.389 e. The Balaban J connectivity index is 2.38. The maximum atomic E-state index is 11.9. The third kappa shape index (κ3) is 4.70. The molecule has 1 rings (SSSR count). The number of hydrogen-bond acceptors (Lipinski definition) is 2. The van der Waals surface area contributed by atoms with E-state index in [0.29, 0.717) is 5.56 Å². The lowest BCUT2D eigenvalue weighted by Crippen LogP contribution is -2.13. The molecule has 0 aliphatic heterocycles.